The molecule has 34 heavy (non-hydrogen) atoms. The topological polar surface area (TPSA) is 95.6 Å². The number of aliphatic imine (C=N–C) groups is 1. The van der Waals surface area contributed by atoms with E-state index in [1.807, 2.05) is 26.4 Å². The van der Waals surface area contributed by atoms with Crippen molar-refractivity contribution in [3.8, 4) is 5.69 Å². The third-order valence-electron chi connectivity index (χ3n) is 6.00. The molecule has 1 fully saturated rings. The van der Waals surface area contributed by atoms with Gasteiger partial charge in [0.1, 0.15) is 23.7 Å². The quantitative estimate of drug-likeness (QED) is 0.607. The Kier molecular flexibility index (Phi) is 6.02. The summed E-state index contributed by atoms with van der Waals surface area (Å²) in [5.41, 5.74) is 4.30. The van der Waals surface area contributed by atoms with Crippen LogP contribution < -0.4 is 10.7 Å². The largest absolute Gasteiger partial charge is 0.485 e. The number of nitrogens with zero attached hydrogens (tertiary/aromatic N) is 5. The van der Waals surface area contributed by atoms with Gasteiger partial charge in [0.05, 0.1) is 31.8 Å². The Hall–Kier alpha value is -3.72. The number of allylic oxidation sites excluding steroid dienone is 1. The third-order valence-corrected chi connectivity index (χ3v) is 6.00. The molecule has 0 radical (unpaired) electrons. The van der Waals surface area contributed by atoms with Gasteiger partial charge in [-0.25, -0.2) is 4.68 Å². The molecule has 1 N–H and O–H groups in total. The highest BCUT2D eigenvalue weighted by Gasteiger charge is 2.27. The van der Waals surface area contributed by atoms with Gasteiger partial charge >= 0.3 is 0 Å². The van der Waals surface area contributed by atoms with Crippen LogP contribution in [0.5, 0.6) is 0 Å². The Balaban J connectivity index is 1.32. The van der Waals surface area contributed by atoms with E-state index in [0.717, 1.165) is 29.0 Å². The minimum atomic E-state index is -0.223. The molecule has 0 bridgehead atoms. The SMILES string of the molecule is Cc1cc(Cc2nn(-c3cnn(C)c3)ccc2=O)cc(C2N=CC(O[C@@H]3COC[C@@H]3C)=CN2)c1. The Bertz CT molecular complexity index is 1310. The van der Waals surface area contributed by atoms with Gasteiger partial charge in [0.2, 0.25) is 5.43 Å². The van der Waals surface area contributed by atoms with Crippen molar-refractivity contribution >= 4 is 6.21 Å². The molecule has 176 valence electrons. The minimum Gasteiger partial charge on any atom is -0.485 e. The van der Waals surface area contributed by atoms with Crippen molar-refractivity contribution in [1.29, 1.82) is 0 Å². The van der Waals surface area contributed by atoms with Gasteiger partial charge in [-0.2, -0.15) is 10.2 Å². The number of aryl methyl sites for hydroxylation is 2. The lowest BCUT2D eigenvalue weighted by Crippen LogP contribution is -2.24. The first-order chi connectivity index (χ1) is 16.4. The Morgan fingerprint density at radius 3 is 2.85 bits per heavy atom. The fourth-order valence-corrected chi connectivity index (χ4v) is 4.19. The van der Waals surface area contributed by atoms with Crippen LogP contribution in [0.1, 0.15) is 35.5 Å². The molecule has 0 spiro atoms. The lowest BCUT2D eigenvalue weighted by molar-refractivity contribution is 0.0901. The molecule has 1 unspecified atom stereocenters. The van der Waals surface area contributed by atoms with Crippen LogP contribution in [-0.4, -0.2) is 45.1 Å². The van der Waals surface area contributed by atoms with E-state index >= 15 is 0 Å². The van der Waals surface area contributed by atoms with Gasteiger partial charge in [-0.1, -0.05) is 30.7 Å². The summed E-state index contributed by atoms with van der Waals surface area (Å²) in [6.45, 7) is 5.49. The average Bonchev–Trinajstić information content (AvgIpc) is 3.43. The third kappa shape index (κ3) is 4.79. The summed E-state index contributed by atoms with van der Waals surface area (Å²) in [6.07, 6.45) is 9.10. The second-order valence-electron chi connectivity index (χ2n) is 8.94. The second kappa shape index (κ2) is 9.26. The zero-order valence-corrected chi connectivity index (χ0v) is 19.5. The van der Waals surface area contributed by atoms with E-state index in [4.69, 9.17) is 9.47 Å². The lowest BCUT2D eigenvalue weighted by Gasteiger charge is -2.22. The summed E-state index contributed by atoms with van der Waals surface area (Å²) in [5, 5.41) is 12.1. The Labute approximate surface area is 197 Å². The summed E-state index contributed by atoms with van der Waals surface area (Å²) < 4.78 is 14.9. The molecule has 3 atom stereocenters. The molecule has 2 aromatic heterocycles. The van der Waals surface area contributed by atoms with E-state index < -0.39 is 0 Å². The van der Waals surface area contributed by atoms with E-state index in [2.05, 4.69) is 45.6 Å². The number of hydrogen-bond donors (Lipinski definition) is 1. The van der Waals surface area contributed by atoms with Gasteiger partial charge in [-0.3, -0.25) is 14.5 Å². The highest BCUT2D eigenvalue weighted by atomic mass is 16.5. The molecule has 0 saturated carbocycles. The molecule has 1 saturated heterocycles. The van der Waals surface area contributed by atoms with E-state index in [9.17, 15) is 4.79 Å². The van der Waals surface area contributed by atoms with Crippen molar-refractivity contribution < 1.29 is 9.47 Å². The summed E-state index contributed by atoms with van der Waals surface area (Å²) in [7, 11) is 1.84. The number of aromatic nitrogens is 4. The van der Waals surface area contributed by atoms with E-state index in [1.165, 1.54) is 0 Å². The summed E-state index contributed by atoms with van der Waals surface area (Å²) in [6, 6.07) is 7.78. The van der Waals surface area contributed by atoms with Crippen LogP contribution in [0.25, 0.3) is 5.69 Å². The summed E-state index contributed by atoms with van der Waals surface area (Å²) in [4.78, 5) is 17.2. The molecular weight excluding hydrogens is 432 g/mol. The Morgan fingerprint density at radius 2 is 2.15 bits per heavy atom. The number of nitrogens with one attached hydrogen (secondary N) is 1. The van der Waals surface area contributed by atoms with Gasteiger partial charge in [0, 0.05) is 37.8 Å². The number of rotatable bonds is 6. The predicted molar refractivity (Wildman–Crippen MR) is 128 cm³/mol. The van der Waals surface area contributed by atoms with E-state index in [-0.39, 0.29) is 17.7 Å². The first kappa shape index (κ1) is 22.1. The molecular formula is C25H28N6O3. The highest BCUT2D eigenvalue weighted by Crippen LogP contribution is 2.24. The van der Waals surface area contributed by atoms with Gasteiger partial charge in [-0.05, 0) is 18.1 Å². The van der Waals surface area contributed by atoms with E-state index in [1.54, 1.807) is 34.0 Å². The van der Waals surface area contributed by atoms with Crippen LogP contribution in [0.2, 0.25) is 0 Å². The van der Waals surface area contributed by atoms with Crippen molar-refractivity contribution in [1.82, 2.24) is 24.9 Å². The van der Waals surface area contributed by atoms with Gasteiger partial charge in [0.15, 0.2) is 5.76 Å². The molecule has 0 aliphatic carbocycles. The normalized spacial score (nSPS) is 21.9. The Morgan fingerprint density at radius 1 is 1.26 bits per heavy atom. The molecule has 2 aliphatic rings. The zero-order valence-electron chi connectivity index (χ0n) is 19.5. The smallest absolute Gasteiger partial charge is 0.203 e. The number of benzene rings is 1. The predicted octanol–water partition coefficient (Wildman–Crippen LogP) is 2.43. The van der Waals surface area contributed by atoms with Crippen LogP contribution >= 0.6 is 0 Å². The zero-order chi connectivity index (χ0) is 23.7. The standard InChI is InChI=1S/C25H28N6O3/c1-16-6-18(9-22-23(32)4-5-31(29-22)20-10-28-30(3)13-20)8-19(7-16)25-26-11-21(12-27-25)34-24-15-33-14-17(24)2/h4-8,10-13,17,24-26H,9,14-15H2,1-3H3/t17-,24+,25?/m0/s1. The summed E-state index contributed by atoms with van der Waals surface area (Å²) >= 11 is 0. The molecule has 2 aliphatic heterocycles. The fourth-order valence-electron chi connectivity index (χ4n) is 4.19. The average molecular weight is 461 g/mol. The van der Waals surface area contributed by atoms with E-state index in [0.29, 0.717) is 30.4 Å². The van der Waals surface area contributed by atoms with Crippen molar-refractivity contribution in [2.24, 2.45) is 18.0 Å². The van der Waals surface area contributed by atoms with Gasteiger partial charge < -0.3 is 14.8 Å². The van der Waals surface area contributed by atoms with Crippen LogP contribution in [-0.2, 0) is 22.9 Å². The maximum atomic E-state index is 12.5. The van der Waals surface area contributed by atoms with Crippen LogP contribution in [0.4, 0.5) is 0 Å². The number of hydrogen-bond acceptors (Lipinski definition) is 7. The molecule has 3 aromatic rings. The fraction of sp³-hybridized carbons (Fsp3) is 0.360. The summed E-state index contributed by atoms with van der Waals surface area (Å²) in [5.74, 6) is 1.07. The molecule has 5 rings (SSSR count). The molecule has 4 heterocycles. The minimum absolute atomic E-state index is 0.0516. The van der Waals surface area contributed by atoms with Gasteiger partial charge in [-0.15, -0.1) is 0 Å². The van der Waals surface area contributed by atoms with Crippen molar-refractivity contribution in [2.45, 2.75) is 32.5 Å². The maximum absolute atomic E-state index is 12.5. The van der Waals surface area contributed by atoms with Crippen LogP contribution in [0, 0.1) is 12.8 Å². The maximum Gasteiger partial charge on any atom is 0.203 e. The highest BCUT2D eigenvalue weighted by molar-refractivity contribution is 5.77. The molecule has 1 aromatic carbocycles. The van der Waals surface area contributed by atoms with Crippen LogP contribution in [0.3, 0.4) is 0 Å². The number of ether oxygens (including phenoxy) is 2. The first-order valence-electron chi connectivity index (χ1n) is 11.4. The molecule has 0 amide bonds. The van der Waals surface area contributed by atoms with Crippen molar-refractivity contribution in [2.75, 3.05) is 13.2 Å². The van der Waals surface area contributed by atoms with Crippen molar-refractivity contribution in [3.63, 3.8) is 0 Å². The molecule has 9 nitrogen and oxygen atoms in total. The molecule has 9 heteroatoms. The van der Waals surface area contributed by atoms with Gasteiger partial charge in [0.25, 0.3) is 0 Å². The second-order valence-corrected chi connectivity index (χ2v) is 8.94. The lowest BCUT2D eigenvalue weighted by atomic mass is 10.0. The monoisotopic (exact) mass is 460 g/mol. The van der Waals surface area contributed by atoms with Crippen molar-refractivity contribution in [3.05, 3.63) is 87.4 Å². The van der Waals surface area contributed by atoms with Crippen LogP contribution in [0.15, 0.2) is 64.6 Å². The first-order valence-corrected chi connectivity index (χ1v) is 11.4.